The predicted molar refractivity (Wildman–Crippen MR) is 67.9 cm³/mol. The molecular formula is C12H19N3O3. The Balaban J connectivity index is 2.65. The van der Waals surface area contributed by atoms with Crippen molar-refractivity contribution in [3.05, 3.63) is 23.4 Å². The van der Waals surface area contributed by atoms with Gasteiger partial charge in [0.05, 0.1) is 12.2 Å². The van der Waals surface area contributed by atoms with Crippen molar-refractivity contribution < 1.29 is 15.1 Å². The number of pyridine rings is 1. The zero-order valence-corrected chi connectivity index (χ0v) is 10.5. The van der Waals surface area contributed by atoms with Gasteiger partial charge in [0.2, 0.25) is 5.88 Å². The van der Waals surface area contributed by atoms with Crippen LogP contribution in [0.15, 0.2) is 17.3 Å². The Morgan fingerprint density at radius 1 is 1.39 bits per heavy atom. The van der Waals surface area contributed by atoms with Crippen molar-refractivity contribution in [3.63, 3.8) is 0 Å². The van der Waals surface area contributed by atoms with Crippen LogP contribution in [0.5, 0.6) is 5.88 Å². The SMILES string of the molecule is Cc1ccc(/C(N)=N/O)c(OCCCCCO)n1. The van der Waals surface area contributed by atoms with Crippen LogP contribution in [-0.4, -0.2) is 34.3 Å². The molecule has 6 heteroatoms. The van der Waals surface area contributed by atoms with Gasteiger partial charge in [0.25, 0.3) is 0 Å². The highest BCUT2D eigenvalue weighted by Gasteiger charge is 2.10. The van der Waals surface area contributed by atoms with Crippen molar-refractivity contribution in [2.24, 2.45) is 10.9 Å². The molecule has 100 valence electrons. The molecule has 0 fully saturated rings. The van der Waals surface area contributed by atoms with E-state index < -0.39 is 0 Å². The number of ether oxygens (including phenoxy) is 1. The van der Waals surface area contributed by atoms with Gasteiger partial charge >= 0.3 is 0 Å². The number of rotatable bonds is 7. The molecule has 1 aromatic rings. The van der Waals surface area contributed by atoms with Gasteiger partial charge < -0.3 is 20.8 Å². The molecule has 0 spiro atoms. The van der Waals surface area contributed by atoms with Crippen LogP contribution in [0.25, 0.3) is 0 Å². The van der Waals surface area contributed by atoms with E-state index in [4.69, 9.17) is 20.8 Å². The van der Waals surface area contributed by atoms with Crippen LogP contribution < -0.4 is 10.5 Å². The minimum Gasteiger partial charge on any atom is -0.477 e. The Morgan fingerprint density at radius 2 is 2.17 bits per heavy atom. The number of nitrogens with zero attached hydrogens (tertiary/aromatic N) is 2. The fourth-order valence-corrected chi connectivity index (χ4v) is 1.45. The second-order valence-electron chi connectivity index (χ2n) is 3.92. The lowest BCUT2D eigenvalue weighted by molar-refractivity contribution is 0.262. The van der Waals surface area contributed by atoms with E-state index in [2.05, 4.69) is 10.1 Å². The summed E-state index contributed by atoms with van der Waals surface area (Å²) in [6.45, 7) is 2.52. The first-order chi connectivity index (χ1) is 8.69. The van der Waals surface area contributed by atoms with Gasteiger partial charge in [0.1, 0.15) is 0 Å². The lowest BCUT2D eigenvalue weighted by Gasteiger charge is -2.10. The van der Waals surface area contributed by atoms with Crippen molar-refractivity contribution in [1.82, 2.24) is 4.98 Å². The monoisotopic (exact) mass is 253 g/mol. The molecule has 0 saturated heterocycles. The topological polar surface area (TPSA) is 101 Å². The Bertz CT molecular complexity index is 408. The molecule has 0 amide bonds. The molecular weight excluding hydrogens is 234 g/mol. The maximum Gasteiger partial charge on any atom is 0.224 e. The number of oxime groups is 1. The summed E-state index contributed by atoms with van der Waals surface area (Å²) < 4.78 is 5.52. The first-order valence-corrected chi connectivity index (χ1v) is 5.88. The Kier molecular flexibility index (Phi) is 5.93. The first kappa shape index (κ1) is 14.2. The third-order valence-corrected chi connectivity index (χ3v) is 2.42. The average molecular weight is 253 g/mol. The van der Waals surface area contributed by atoms with Crippen molar-refractivity contribution in [1.29, 1.82) is 0 Å². The van der Waals surface area contributed by atoms with Crippen LogP contribution in [-0.2, 0) is 0 Å². The molecule has 18 heavy (non-hydrogen) atoms. The fourth-order valence-electron chi connectivity index (χ4n) is 1.45. The molecule has 0 radical (unpaired) electrons. The number of aryl methyl sites for hydroxylation is 1. The molecule has 0 bridgehead atoms. The van der Waals surface area contributed by atoms with E-state index in [-0.39, 0.29) is 12.4 Å². The van der Waals surface area contributed by atoms with E-state index in [0.717, 1.165) is 25.0 Å². The van der Waals surface area contributed by atoms with E-state index in [1.54, 1.807) is 12.1 Å². The van der Waals surface area contributed by atoms with Crippen molar-refractivity contribution in [2.45, 2.75) is 26.2 Å². The van der Waals surface area contributed by atoms with Gasteiger partial charge in [-0.25, -0.2) is 4.98 Å². The third-order valence-electron chi connectivity index (χ3n) is 2.42. The largest absolute Gasteiger partial charge is 0.477 e. The molecule has 0 saturated carbocycles. The molecule has 1 aromatic heterocycles. The van der Waals surface area contributed by atoms with Crippen LogP contribution in [0.1, 0.15) is 30.5 Å². The van der Waals surface area contributed by atoms with E-state index in [1.807, 2.05) is 6.92 Å². The second kappa shape index (κ2) is 7.50. The number of amidine groups is 1. The second-order valence-corrected chi connectivity index (χ2v) is 3.92. The first-order valence-electron chi connectivity index (χ1n) is 5.88. The van der Waals surface area contributed by atoms with Crippen molar-refractivity contribution in [3.8, 4) is 5.88 Å². The summed E-state index contributed by atoms with van der Waals surface area (Å²) in [5, 5.41) is 20.3. The maximum absolute atomic E-state index is 8.68. The summed E-state index contributed by atoms with van der Waals surface area (Å²) in [6, 6.07) is 3.48. The molecule has 0 aromatic carbocycles. The minimum atomic E-state index is -0.0205. The number of hydrogen-bond donors (Lipinski definition) is 3. The van der Waals surface area contributed by atoms with Gasteiger partial charge in [-0.2, -0.15) is 0 Å². The summed E-state index contributed by atoms with van der Waals surface area (Å²) in [7, 11) is 0. The van der Waals surface area contributed by atoms with E-state index in [9.17, 15) is 0 Å². The predicted octanol–water partition coefficient (Wildman–Crippen LogP) is 1.03. The van der Waals surface area contributed by atoms with Crippen LogP contribution in [0, 0.1) is 6.92 Å². The zero-order valence-electron chi connectivity index (χ0n) is 10.5. The summed E-state index contributed by atoms with van der Waals surface area (Å²) in [4.78, 5) is 4.22. The van der Waals surface area contributed by atoms with Gasteiger partial charge in [-0.3, -0.25) is 0 Å². The smallest absolute Gasteiger partial charge is 0.224 e. The Hall–Kier alpha value is -1.82. The highest BCUT2D eigenvalue weighted by molar-refractivity contribution is 5.99. The van der Waals surface area contributed by atoms with E-state index >= 15 is 0 Å². The lowest BCUT2D eigenvalue weighted by atomic mass is 10.2. The Morgan fingerprint density at radius 3 is 2.83 bits per heavy atom. The number of aliphatic hydroxyl groups excluding tert-OH is 1. The lowest BCUT2D eigenvalue weighted by Crippen LogP contribution is -2.16. The van der Waals surface area contributed by atoms with Gasteiger partial charge in [-0.05, 0) is 38.3 Å². The molecule has 4 N–H and O–H groups in total. The number of nitrogens with two attached hydrogens (primary N) is 1. The molecule has 0 aliphatic rings. The zero-order chi connectivity index (χ0) is 13.4. The molecule has 1 rings (SSSR count). The summed E-state index contributed by atoms with van der Waals surface area (Å²) >= 11 is 0. The summed E-state index contributed by atoms with van der Waals surface area (Å²) in [5.41, 5.74) is 6.82. The number of aliphatic hydroxyl groups is 1. The average Bonchev–Trinajstić information content (AvgIpc) is 2.38. The van der Waals surface area contributed by atoms with Crippen LogP contribution in [0.4, 0.5) is 0 Å². The van der Waals surface area contributed by atoms with Crippen molar-refractivity contribution >= 4 is 5.84 Å². The van der Waals surface area contributed by atoms with Gasteiger partial charge in [0, 0.05) is 12.3 Å². The molecule has 1 heterocycles. The summed E-state index contributed by atoms with van der Waals surface area (Å²) in [6.07, 6.45) is 2.48. The van der Waals surface area contributed by atoms with Crippen LogP contribution in [0.2, 0.25) is 0 Å². The van der Waals surface area contributed by atoms with E-state index in [1.165, 1.54) is 0 Å². The van der Waals surface area contributed by atoms with Gasteiger partial charge in [-0.15, -0.1) is 0 Å². The Labute approximate surface area is 106 Å². The standard InChI is InChI=1S/C12H19N3O3/c1-9-5-6-10(11(13)15-17)12(14-9)18-8-4-2-3-7-16/h5-6,16-17H,2-4,7-8H2,1H3,(H2,13,15). The molecule has 0 aliphatic carbocycles. The minimum absolute atomic E-state index is 0.0205. The van der Waals surface area contributed by atoms with Crippen molar-refractivity contribution in [2.75, 3.05) is 13.2 Å². The molecule has 0 aliphatic heterocycles. The van der Waals surface area contributed by atoms with Crippen LogP contribution >= 0.6 is 0 Å². The molecule has 0 atom stereocenters. The van der Waals surface area contributed by atoms with Crippen LogP contribution in [0.3, 0.4) is 0 Å². The normalized spacial score (nSPS) is 11.6. The highest BCUT2D eigenvalue weighted by Crippen LogP contribution is 2.16. The van der Waals surface area contributed by atoms with Gasteiger partial charge in [0.15, 0.2) is 5.84 Å². The molecule has 6 nitrogen and oxygen atoms in total. The molecule has 0 unspecified atom stereocenters. The van der Waals surface area contributed by atoms with Gasteiger partial charge in [-0.1, -0.05) is 5.16 Å². The highest BCUT2D eigenvalue weighted by atomic mass is 16.5. The number of hydrogen-bond acceptors (Lipinski definition) is 5. The maximum atomic E-state index is 8.68. The summed E-state index contributed by atoms with van der Waals surface area (Å²) in [5.74, 6) is 0.349. The fraction of sp³-hybridized carbons (Fsp3) is 0.500. The quantitative estimate of drug-likeness (QED) is 0.221. The third kappa shape index (κ3) is 4.21. The van der Waals surface area contributed by atoms with E-state index in [0.29, 0.717) is 18.1 Å². The number of aromatic nitrogens is 1. The number of unbranched alkanes of at least 4 members (excludes halogenated alkanes) is 2.